The molecule has 0 unspecified atom stereocenters. The molecular weight excluding hydrogens is 398 g/mol. The molecule has 0 atom stereocenters. The first-order valence-corrected chi connectivity index (χ1v) is 10.8. The van der Waals surface area contributed by atoms with Gasteiger partial charge in [0.1, 0.15) is 0 Å². The van der Waals surface area contributed by atoms with Gasteiger partial charge in [-0.2, -0.15) is 0 Å². The van der Waals surface area contributed by atoms with Crippen LogP contribution in [0.15, 0.2) is 73.2 Å². The largest absolute Gasteiger partial charge is 0.336 e. The van der Waals surface area contributed by atoms with E-state index in [9.17, 15) is 4.79 Å². The number of nitrogens with zero attached hydrogens (tertiary/aromatic N) is 5. The molecule has 0 aliphatic carbocycles. The number of amides is 1. The summed E-state index contributed by atoms with van der Waals surface area (Å²) in [7, 11) is 2.09. The molecule has 32 heavy (non-hydrogen) atoms. The SMILES string of the molecule is CN1CCN(C(=O)c2ccc(-c3cnc4cnc(C=Cc5ccccc5)cn34)cc2)CC1. The molecule has 2 aromatic heterocycles. The zero-order valence-electron chi connectivity index (χ0n) is 18.1. The van der Waals surface area contributed by atoms with Crippen molar-refractivity contribution in [3.63, 3.8) is 0 Å². The molecule has 6 nitrogen and oxygen atoms in total. The monoisotopic (exact) mass is 423 g/mol. The van der Waals surface area contributed by atoms with E-state index in [1.165, 1.54) is 0 Å². The van der Waals surface area contributed by atoms with E-state index >= 15 is 0 Å². The second-order valence-corrected chi connectivity index (χ2v) is 8.10. The fourth-order valence-corrected chi connectivity index (χ4v) is 3.93. The highest BCUT2D eigenvalue weighted by Gasteiger charge is 2.20. The molecule has 0 bridgehead atoms. The summed E-state index contributed by atoms with van der Waals surface area (Å²) < 4.78 is 2.04. The fourth-order valence-electron chi connectivity index (χ4n) is 3.93. The smallest absolute Gasteiger partial charge is 0.253 e. The van der Waals surface area contributed by atoms with Crippen molar-refractivity contribution in [2.24, 2.45) is 0 Å². The minimum absolute atomic E-state index is 0.0975. The quantitative estimate of drug-likeness (QED) is 0.499. The molecule has 0 radical (unpaired) electrons. The molecule has 160 valence electrons. The lowest BCUT2D eigenvalue weighted by molar-refractivity contribution is 0.0664. The van der Waals surface area contributed by atoms with Crippen LogP contribution in [0.4, 0.5) is 0 Å². The van der Waals surface area contributed by atoms with Crippen molar-refractivity contribution in [2.75, 3.05) is 33.2 Å². The highest BCUT2D eigenvalue weighted by Crippen LogP contribution is 2.22. The van der Waals surface area contributed by atoms with Gasteiger partial charge >= 0.3 is 0 Å². The summed E-state index contributed by atoms with van der Waals surface area (Å²) in [5, 5.41) is 0. The molecule has 6 heteroatoms. The number of carbonyl (C=O) groups is 1. The molecule has 1 saturated heterocycles. The highest BCUT2D eigenvalue weighted by molar-refractivity contribution is 5.94. The summed E-state index contributed by atoms with van der Waals surface area (Å²) >= 11 is 0. The first kappa shape index (κ1) is 20.2. The molecule has 1 fully saturated rings. The molecule has 2 aromatic carbocycles. The number of benzene rings is 2. The van der Waals surface area contributed by atoms with Gasteiger partial charge in [0, 0.05) is 43.5 Å². The maximum Gasteiger partial charge on any atom is 0.253 e. The van der Waals surface area contributed by atoms with Crippen molar-refractivity contribution < 1.29 is 4.79 Å². The number of fused-ring (bicyclic) bond motifs is 1. The van der Waals surface area contributed by atoms with Gasteiger partial charge in [0.25, 0.3) is 5.91 Å². The summed E-state index contributed by atoms with van der Waals surface area (Å²) in [5.74, 6) is 0.0975. The topological polar surface area (TPSA) is 53.7 Å². The van der Waals surface area contributed by atoms with Crippen molar-refractivity contribution in [1.29, 1.82) is 0 Å². The van der Waals surface area contributed by atoms with E-state index in [0.717, 1.165) is 59.9 Å². The predicted octanol–water partition coefficient (Wildman–Crippen LogP) is 3.95. The van der Waals surface area contributed by atoms with Gasteiger partial charge in [0.15, 0.2) is 5.65 Å². The maximum absolute atomic E-state index is 12.8. The minimum Gasteiger partial charge on any atom is -0.336 e. The van der Waals surface area contributed by atoms with E-state index in [4.69, 9.17) is 0 Å². The Morgan fingerprint density at radius 3 is 2.38 bits per heavy atom. The lowest BCUT2D eigenvalue weighted by atomic mass is 10.1. The third-order valence-electron chi connectivity index (χ3n) is 5.88. The van der Waals surface area contributed by atoms with Crippen molar-refractivity contribution in [3.8, 4) is 11.3 Å². The molecule has 0 N–H and O–H groups in total. The summed E-state index contributed by atoms with van der Waals surface area (Å²) in [4.78, 5) is 26.0. The van der Waals surface area contributed by atoms with Crippen LogP contribution < -0.4 is 0 Å². The van der Waals surface area contributed by atoms with Crippen LogP contribution in [0, 0.1) is 0 Å². The van der Waals surface area contributed by atoms with E-state index in [2.05, 4.69) is 34.0 Å². The first-order valence-electron chi connectivity index (χ1n) is 10.8. The Morgan fingerprint density at radius 1 is 0.875 bits per heavy atom. The zero-order valence-corrected chi connectivity index (χ0v) is 18.1. The van der Waals surface area contributed by atoms with E-state index in [1.54, 1.807) is 6.20 Å². The van der Waals surface area contributed by atoms with Gasteiger partial charge in [-0.3, -0.25) is 14.2 Å². The van der Waals surface area contributed by atoms with E-state index < -0.39 is 0 Å². The van der Waals surface area contributed by atoms with Gasteiger partial charge < -0.3 is 9.80 Å². The fraction of sp³-hybridized carbons (Fsp3) is 0.192. The predicted molar refractivity (Wildman–Crippen MR) is 127 cm³/mol. The Kier molecular flexibility index (Phi) is 5.52. The van der Waals surface area contributed by atoms with Gasteiger partial charge in [0.2, 0.25) is 0 Å². The average Bonchev–Trinajstić information content (AvgIpc) is 3.27. The lowest BCUT2D eigenvalue weighted by Crippen LogP contribution is -2.47. The standard InChI is InChI=1S/C26H25N5O/c1-29-13-15-30(16-14-29)26(32)22-10-8-21(9-11-22)24-17-28-25-18-27-23(19-31(24)25)12-7-20-5-3-2-4-6-20/h2-12,17-19H,13-16H2,1H3. The van der Waals surface area contributed by atoms with Crippen LogP contribution in [0.1, 0.15) is 21.6 Å². The number of carbonyl (C=O) groups excluding carboxylic acids is 1. The number of likely N-dealkylation sites (N-methyl/N-ethyl adjacent to an activating group) is 1. The van der Waals surface area contributed by atoms with Crippen LogP contribution in [0.3, 0.4) is 0 Å². The molecule has 1 amide bonds. The third kappa shape index (κ3) is 4.18. The zero-order chi connectivity index (χ0) is 21.9. The van der Waals surface area contributed by atoms with Crippen LogP contribution in [0.25, 0.3) is 29.1 Å². The Labute approximate surface area is 187 Å². The van der Waals surface area contributed by atoms with Crippen LogP contribution in [0.5, 0.6) is 0 Å². The Balaban J connectivity index is 1.38. The molecular formula is C26H25N5O. The number of hydrogen-bond acceptors (Lipinski definition) is 4. The summed E-state index contributed by atoms with van der Waals surface area (Å²) in [6, 6.07) is 18.0. The van der Waals surface area contributed by atoms with Crippen molar-refractivity contribution >= 4 is 23.7 Å². The van der Waals surface area contributed by atoms with Crippen LogP contribution >= 0.6 is 0 Å². The molecule has 3 heterocycles. The van der Waals surface area contributed by atoms with Crippen LogP contribution in [0.2, 0.25) is 0 Å². The van der Waals surface area contributed by atoms with Crippen molar-refractivity contribution in [2.45, 2.75) is 0 Å². The third-order valence-corrected chi connectivity index (χ3v) is 5.88. The molecule has 1 aliphatic rings. The molecule has 0 spiro atoms. The van der Waals surface area contributed by atoms with Gasteiger partial charge in [-0.15, -0.1) is 0 Å². The number of aromatic nitrogens is 3. The van der Waals surface area contributed by atoms with E-state index in [0.29, 0.717) is 0 Å². The van der Waals surface area contributed by atoms with Gasteiger partial charge in [-0.25, -0.2) is 4.98 Å². The van der Waals surface area contributed by atoms with Gasteiger partial charge in [-0.05, 0) is 30.8 Å². The van der Waals surface area contributed by atoms with Gasteiger partial charge in [0.05, 0.1) is 23.8 Å². The number of rotatable bonds is 4. The second kappa shape index (κ2) is 8.77. The van der Waals surface area contributed by atoms with Crippen molar-refractivity contribution in [1.82, 2.24) is 24.2 Å². The second-order valence-electron chi connectivity index (χ2n) is 8.10. The molecule has 5 rings (SSSR count). The number of piperazine rings is 1. The van der Waals surface area contributed by atoms with Crippen LogP contribution in [-0.2, 0) is 0 Å². The maximum atomic E-state index is 12.8. The normalized spacial score (nSPS) is 15.0. The molecule has 0 saturated carbocycles. The number of hydrogen-bond donors (Lipinski definition) is 0. The highest BCUT2D eigenvalue weighted by atomic mass is 16.2. The van der Waals surface area contributed by atoms with E-state index in [1.807, 2.05) is 76.3 Å². The lowest BCUT2D eigenvalue weighted by Gasteiger charge is -2.32. The van der Waals surface area contributed by atoms with Crippen molar-refractivity contribution in [3.05, 3.63) is 90.0 Å². The van der Waals surface area contributed by atoms with E-state index in [-0.39, 0.29) is 5.91 Å². The summed E-state index contributed by atoms with van der Waals surface area (Å²) in [6.45, 7) is 3.38. The van der Waals surface area contributed by atoms with Gasteiger partial charge in [-0.1, -0.05) is 48.5 Å². The number of imidazole rings is 1. The summed E-state index contributed by atoms with van der Waals surface area (Å²) in [5.41, 5.74) is 5.46. The summed E-state index contributed by atoms with van der Waals surface area (Å²) in [6.07, 6.45) is 9.65. The molecule has 1 aliphatic heterocycles. The Bertz CT molecular complexity index is 1250. The Hall–Kier alpha value is -3.77. The Morgan fingerprint density at radius 2 is 1.62 bits per heavy atom. The molecule has 4 aromatic rings. The average molecular weight is 424 g/mol. The minimum atomic E-state index is 0.0975. The first-order chi connectivity index (χ1) is 15.7. The van der Waals surface area contributed by atoms with Crippen LogP contribution in [-0.4, -0.2) is 63.3 Å².